The van der Waals surface area contributed by atoms with Crippen LogP contribution in [0.5, 0.6) is 11.5 Å². The molecule has 7 heteroatoms. The Hall–Kier alpha value is -1.48. The Morgan fingerprint density at radius 2 is 1.92 bits per heavy atom. The smallest absolute Gasteiger partial charge is 0.191 e. The fourth-order valence-electron chi connectivity index (χ4n) is 2.44. The van der Waals surface area contributed by atoms with E-state index in [2.05, 4.69) is 46.1 Å². The summed E-state index contributed by atoms with van der Waals surface area (Å²) < 4.78 is 10.6. The fourth-order valence-corrected chi connectivity index (χ4v) is 3.06. The number of guanidine groups is 1. The minimum Gasteiger partial charge on any atom is -0.493 e. The van der Waals surface area contributed by atoms with Crippen molar-refractivity contribution in [3.8, 4) is 11.5 Å². The number of aliphatic imine (C=N–C) groups is 1. The van der Waals surface area contributed by atoms with Crippen LogP contribution < -0.4 is 20.1 Å². The first-order chi connectivity index (χ1) is 12.3. The molecule has 0 radical (unpaired) electrons. The molecule has 144 valence electrons. The van der Waals surface area contributed by atoms with Gasteiger partial charge in [0.25, 0.3) is 0 Å². The summed E-state index contributed by atoms with van der Waals surface area (Å²) in [5.41, 5.74) is 1.24. The molecule has 0 aliphatic heterocycles. The molecule has 0 aliphatic rings. The van der Waals surface area contributed by atoms with Gasteiger partial charge in [-0.05, 0) is 48.9 Å². The number of ether oxygens (including phenoxy) is 2. The Balaban J connectivity index is 0.00000338. The van der Waals surface area contributed by atoms with Gasteiger partial charge in [0.2, 0.25) is 0 Å². The number of nitrogens with one attached hydrogen (secondary N) is 2. The Labute approximate surface area is 177 Å². The van der Waals surface area contributed by atoms with E-state index in [4.69, 9.17) is 9.47 Å². The summed E-state index contributed by atoms with van der Waals surface area (Å²) in [5, 5.41) is 8.75. The Kier molecular flexibility index (Phi) is 11.1. The Morgan fingerprint density at radius 1 is 1.12 bits per heavy atom. The number of halogens is 1. The molecule has 0 saturated carbocycles. The number of nitrogens with zero attached hydrogens (tertiary/aromatic N) is 1. The molecule has 0 aliphatic carbocycles. The molecule has 0 atom stereocenters. The van der Waals surface area contributed by atoms with Gasteiger partial charge in [0.1, 0.15) is 0 Å². The summed E-state index contributed by atoms with van der Waals surface area (Å²) in [6.07, 6.45) is 1.98. The predicted molar refractivity (Wildman–Crippen MR) is 120 cm³/mol. The summed E-state index contributed by atoms with van der Waals surface area (Å²) in [7, 11) is 3.31. The van der Waals surface area contributed by atoms with Gasteiger partial charge < -0.3 is 20.1 Å². The summed E-state index contributed by atoms with van der Waals surface area (Å²) in [5.74, 6) is 2.40. The van der Waals surface area contributed by atoms with Crippen LogP contribution in [0, 0.1) is 0 Å². The van der Waals surface area contributed by atoms with E-state index in [1.807, 2.05) is 12.1 Å². The monoisotopic (exact) mass is 489 g/mol. The van der Waals surface area contributed by atoms with Crippen molar-refractivity contribution in [2.24, 2.45) is 4.99 Å². The van der Waals surface area contributed by atoms with Crippen molar-refractivity contribution in [2.75, 3.05) is 27.3 Å². The zero-order chi connectivity index (χ0) is 17.9. The van der Waals surface area contributed by atoms with Gasteiger partial charge in [0.05, 0.1) is 20.8 Å². The van der Waals surface area contributed by atoms with Gasteiger partial charge in [0, 0.05) is 18.0 Å². The molecule has 2 N–H and O–H groups in total. The second-order valence-corrected chi connectivity index (χ2v) is 6.53. The molecule has 0 fully saturated rings. The molecule has 26 heavy (non-hydrogen) atoms. The van der Waals surface area contributed by atoms with Crippen LogP contribution in [0.3, 0.4) is 0 Å². The molecule has 0 bridgehead atoms. The number of thiophene rings is 1. The first-order valence-electron chi connectivity index (χ1n) is 8.52. The van der Waals surface area contributed by atoms with Crippen molar-refractivity contribution in [3.63, 3.8) is 0 Å². The second kappa shape index (κ2) is 12.8. The van der Waals surface area contributed by atoms with Gasteiger partial charge in [-0.2, -0.15) is 0 Å². The lowest BCUT2D eigenvalue weighted by Crippen LogP contribution is -2.37. The van der Waals surface area contributed by atoms with Crippen molar-refractivity contribution < 1.29 is 9.47 Å². The average Bonchev–Trinajstić information content (AvgIpc) is 3.16. The molecular weight excluding hydrogens is 461 g/mol. The molecule has 5 nitrogen and oxygen atoms in total. The largest absolute Gasteiger partial charge is 0.493 e. The van der Waals surface area contributed by atoms with E-state index >= 15 is 0 Å². The number of hydrogen-bond acceptors (Lipinski definition) is 4. The first kappa shape index (κ1) is 22.6. The van der Waals surface area contributed by atoms with Crippen LogP contribution in [0.25, 0.3) is 0 Å². The third-order valence-electron chi connectivity index (χ3n) is 3.70. The maximum atomic E-state index is 5.35. The maximum absolute atomic E-state index is 5.35. The minimum atomic E-state index is 0. The van der Waals surface area contributed by atoms with E-state index < -0.39 is 0 Å². The van der Waals surface area contributed by atoms with Gasteiger partial charge in [-0.25, -0.2) is 4.99 Å². The molecule has 1 aromatic carbocycles. The summed E-state index contributed by atoms with van der Waals surface area (Å²) in [4.78, 5) is 5.89. The standard InChI is InChI=1S/C19H27N3O2S.HI/c1-4-20-19(22-14-16-8-6-12-25-16)21-11-5-7-15-9-10-17(23-2)18(13-15)24-3;/h6,8-10,12-13H,4-5,7,11,14H2,1-3H3,(H2,20,21,22);1H. The summed E-state index contributed by atoms with van der Waals surface area (Å²) in [6.45, 7) is 4.51. The normalized spacial score (nSPS) is 10.8. The molecule has 1 aromatic heterocycles. The van der Waals surface area contributed by atoms with E-state index in [-0.39, 0.29) is 24.0 Å². The van der Waals surface area contributed by atoms with Gasteiger partial charge >= 0.3 is 0 Å². The van der Waals surface area contributed by atoms with Gasteiger partial charge in [0.15, 0.2) is 17.5 Å². The molecule has 0 saturated heterocycles. The number of aryl methyl sites for hydroxylation is 1. The van der Waals surface area contributed by atoms with Crippen molar-refractivity contribution in [2.45, 2.75) is 26.3 Å². The molecule has 2 rings (SSSR count). The zero-order valence-corrected chi connectivity index (χ0v) is 18.7. The predicted octanol–water partition coefficient (Wildman–Crippen LogP) is 4.07. The lowest BCUT2D eigenvalue weighted by Gasteiger charge is -2.12. The van der Waals surface area contributed by atoms with Crippen LogP contribution >= 0.6 is 35.3 Å². The van der Waals surface area contributed by atoms with Crippen molar-refractivity contribution >= 4 is 41.3 Å². The molecule has 0 amide bonds. The highest BCUT2D eigenvalue weighted by molar-refractivity contribution is 14.0. The molecule has 2 aromatic rings. The van der Waals surface area contributed by atoms with Crippen molar-refractivity contribution in [1.82, 2.24) is 10.6 Å². The van der Waals surface area contributed by atoms with Crippen LogP contribution in [-0.4, -0.2) is 33.3 Å². The highest BCUT2D eigenvalue weighted by Crippen LogP contribution is 2.27. The SMILES string of the molecule is CCNC(=NCc1cccs1)NCCCc1ccc(OC)c(OC)c1.I. The van der Waals surface area contributed by atoms with Crippen LogP contribution in [-0.2, 0) is 13.0 Å². The number of benzene rings is 1. The number of hydrogen-bond donors (Lipinski definition) is 2. The molecule has 0 spiro atoms. The quantitative estimate of drug-likeness (QED) is 0.241. The van der Waals surface area contributed by atoms with Crippen molar-refractivity contribution in [1.29, 1.82) is 0 Å². The maximum Gasteiger partial charge on any atom is 0.191 e. The summed E-state index contributed by atoms with van der Waals surface area (Å²) >= 11 is 1.73. The van der Waals surface area contributed by atoms with Crippen LogP contribution in [0.15, 0.2) is 40.7 Å². The van der Waals surface area contributed by atoms with Gasteiger partial charge in [-0.3, -0.25) is 0 Å². The molecule has 0 unspecified atom stereocenters. The minimum absolute atomic E-state index is 0. The Morgan fingerprint density at radius 3 is 2.58 bits per heavy atom. The van der Waals surface area contributed by atoms with Gasteiger partial charge in [-0.15, -0.1) is 35.3 Å². The number of methoxy groups -OCH3 is 2. The third-order valence-corrected chi connectivity index (χ3v) is 4.56. The summed E-state index contributed by atoms with van der Waals surface area (Å²) in [6, 6.07) is 10.2. The number of rotatable bonds is 9. The lowest BCUT2D eigenvalue weighted by atomic mass is 10.1. The van der Waals surface area contributed by atoms with Crippen LogP contribution in [0.4, 0.5) is 0 Å². The average molecular weight is 489 g/mol. The second-order valence-electron chi connectivity index (χ2n) is 5.49. The highest BCUT2D eigenvalue weighted by atomic mass is 127. The van der Waals surface area contributed by atoms with E-state index in [9.17, 15) is 0 Å². The lowest BCUT2D eigenvalue weighted by molar-refractivity contribution is 0.354. The van der Waals surface area contributed by atoms with E-state index in [0.29, 0.717) is 6.54 Å². The van der Waals surface area contributed by atoms with E-state index in [1.54, 1.807) is 25.6 Å². The van der Waals surface area contributed by atoms with Crippen LogP contribution in [0.1, 0.15) is 23.8 Å². The van der Waals surface area contributed by atoms with E-state index in [1.165, 1.54) is 10.4 Å². The zero-order valence-electron chi connectivity index (χ0n) is 15.6. The molecular formula is C19H28IN3O2S. The third kappa shape index (κ3) is 7.41. The molecule has 1 heterocycles. The highest BCUT2D eigenvalue weighted by Gasteiger charge is 2.04. The topological polar surface area (TPSA) is 54.9 Å². The van der Waals surface area contributed by atoms with Crippen molar-refractivity contribution in [3.05, 3.63) is 46.2 Å². The van der Waals surface area contributed by atoms with Crippen LogP contribution in [0.2, 0.25) is 0 Å². The Bertz CT molecular complexity index is 663. The van der Waals surface area contributed by atoms with E-state index in [0.717, 1.165) is 43.4 Å². The van der Waals surface area contributed by atoms with Gasteiger partial charge in [-0.1, -0.05) is 12.1 Å². The fraction of sp³-hybridized carbons (Fsp3) is 0.421. The first-order valence-corrected chi connectivity index (χ1v) is 9.40.